The molecule has 1 aliphatic heterocycles. The molecule has 1 aliphatic rings. The van der Waals surface area contributed by atoms with E-state index in [0.717, 1.165) is 29.9 Å². The number of amides is 1. The van der Waals surface area contributed by atoms with Crippen molar-refractivity contribution < 1.29 is 4.79 Å². The van der Waals surface area contributed by atoms with Crippen LogP contribution in [0, 0.1) is 6.92 Å². The van der Waals surface area contributed by atoms with Crippen molar-refractivity contribution in [1.82, 2.24) is 5.43 Å². The number of carbonyl (C=O) groups excluding carboxylic acids is 1. The number of nitrogens with zero attached hydrogens (tertiary/aromatic N) is 2. The Bertz CT molecular complexity index is 759. The number of benzene rings is 2. The van der Waals surface area contributed by atoms with Gasteiger partial charge in [0.15, 0.2) is 0 Å². The van der Waals surface area contributed by atoms with Crippen LogP contribution in [0.5, 0.6) is 0 Å². The third-order valence-electron chi connectivity index (χ3n) is 4.72. The average molecular weight is 335 g/mol. The fourth-order valence-electron chi connectivity index (χ4n) is 3.15. The lowest BCUT2D eigenvalue weighted by Gasteiger charge is -2.28. The van der Waals surface area contributed by atoms with Crippen molar-refractivity contribution in [3.8, 4) is 0 Å². The highest BCUT2D eigenvalue weighted by atomic mass is 16.2. The Morgan fingerprint density at radius 3 is 2.36 bits per heavy atom. The van der Waals surface area contributed by atoms with Crippen molar-refractivity contribution >= 4 is 17.3 Å². The van der Waals surface area contributed by atoms with Crippen LogP contribution in [0.3, 0.4) is 0 Å². The molecule has 0 radical (unpaired) electrons. The van der Waals surface area contributed by atoms with E-state index in [1.165, 1.54) is 24.9 Å². The van der Waals surface area contributed by atoms with Crippen molar-refractivity contribution in [3.63, 3.8) is 0 Å². The molecule has 0 atom stereocenters. The Morgan fingerprint density at radius 1 is 1.00 bits per heavy atom. The highest BCUT2D eigenvalue weighted by Gasteiger charge is 2.11. The van der Waals surface area contributed by atoms with Gasteiger partial charge >= 0.3 is 0 Å². The number of hydrogen-bond acceptors (Lipinski definition) is 3. The number of hydrazone groups is 1. The summed E-state index contributed by atoms with van der Waals surface area (Å²) in [6.45, 7) is 6.11. The maximum atomic E-state index is 12.2. The van der Waals surface area contributed by atoms with Gasteiger partial charge in [0.1, 0.15) is 0 Å². The maximum Gasteiger partial charge on any atom is 0.271 e. The molecule has 2 aromatic carbocycles. The van der Waals surface area contributed by atoms with Crippen LogP contribution in [0.25, 0.3) is 0 Å². The van der Waals surface area contributed by atoms with Crippen LogP contribution in [-0.2, 0) is 0 Å². The van der Waals surface area contributed by atoms with Crippen molar-refractivity contribution in [2.24, 2.45) is 5.10 Å². The normalized spacial score (nSPS) is 15.1. The summed E-state index contributed by atoms with van der Waals surface area (Å²) in [6.07, 6.45) is 3.88. The molecule has 0 unspecified atom stereocenters. The minimum absolute atomic E-state index is 0.178. The molecule has 1 heterocycles. The summed E-state index contributed by atoms with van der Waals surface area (Å²) in [6, 6.07) is 15.9. The second-order valence-corrected chi connectivity index (χ2v) is 6.55. The quantitative estimate of drug-likeness (QED) is 0.674. The smallest absolute Gasteiger partial charge is 0.271 e. The molecule has 1 amide bonds. The third kappa shape index (κ3) is 4.27. The number of anilines is 1. The van der Waals surface area contributed by atoms with Gasteiger partial charge < -0.3 is 4.90 Å². The number of rotatable bonds is 4. The van der Waals surface area contributed by atoms with Gasteiger partial charge in [-0.1, -0.05) is 30.3 Å². The monoisotopic (exact) mass is 335 g/mol. The number of piperidine rings is 1. The maximum absolute atomic E-state index is 12.2. The topological polar surface area (TPSA) is 44.7 Å². The zero-order valence-electron chi connectivity index (χ0n) is 15.0. The van der Waals surface area contributed by atoms with E-state index in [1.807, 2.05) is 38.1 Å². The second-order valence-electron chi connectivity index (χ2n) is 6.55. The zero-order chi connectivity index (χ0) is 17.6. The summed E-state index contributed by atoms with van der Waals surface area (Å²) >= 11 is 0. The van der Waals surface area contributed by atoms with Gasteiger partial charge in [0.05, 0.1) is 5.71 Å². The fourth-order valence-corrected chi connectivity index (χ4v) is 3.15. The molecule has 130 valence electrons. The molecular weight excluding hydrogens is 310 g/mol. The molecule has 0 aromatic heterocycles. The Balaban J connectivity index is 1.66. The van der Waals surface area contributed by atoms with Crippen LogP contribution in [-0.4, -0.2) is 24.7 Å². The first kappa shape index (κ1) is 17.2. The lowest BCUT2D eigenvalue weighted by Crippen LogP contribution is -2.29. The first-order valence-corrected chi connectivity index (χ1v) is 8.91. The number of nitrogens with one attached hydrogen (secondary N) is 1. The van der Waals surface area contributed by atoms with Gasteiger partial charge in [0, 0.05) is 24.3 Å². The third-order valence-corrected chi connectivity index (χ3v) is 4.72. The Hall–Kier alpha value is -2.62. The molecule has 0 spiro atoms. The lowest BCUT2D eigenvalue weighted by molar-refractivity contribution is 0.0954. The molecule has 2 aromatic rings. The molecule has 0 bridgehead atoms. The van der Waals surface area contributed by atoms with E-state index in [4.69, 9.17) is 0 Å². The Labute approximate surface area is 149 Å². The number of carbonyl (C=O) groups is 1. The van der Waals surface area contributed by atoms with Gasteiger partial charge in [0.2, 0.25) is 0 Å². The van der Waals surface area contributed by atoms with Gasteiger partial charge in [-0.25, -0.2) is 5.43 Å². The highest BCUT2D eigenvalue weighted by Crippen LogP contribution is 2.20. The van der Waals surface area contributed by atoms with Gasteiger partial charge in [-0.3, -0.25) is 4.79 Å². The molecule has 1 N–H and O–H groups in total. The fraction of sp³-hybridized carbons (Fsp3) is 0.333. The summed E-state index contributed by atoms with van der Waals surface area (Å²) < 4.78 is 0. The summed E-state index contributed by atoms with van der Waals surface area (Å²) in [7, 11) is 0. The summed E-state index contributed by atoms with van der Waals surface area (Å²) in [5, 5.41) is 4.26. The predicted molar refractivity (Wildman–Crippen MR) is 103 cm³/mol. The van der Waals surface area contributed by atoms with Crippen molar-refractivity contribution in [2.45, 2.75) is 33.1 Å². The molecular formula is C21H25N3O. The van der Waals surface area contributed by atoms with Crippen molar-refractivity contribution in [3.05, 3.63) is 65.2 Å². The molecule has 0 aliphatic carbocycles. The van der Waals surface area contributed by atoms with Crippen LogP contribution < -0.4 is 10.3 Å². The van der Waals surface area contributed by atoms with Gasteiger partial charge in [-0.05, 0) is 62.4 Å². The van der Waals surface area contributed by atoms with E-state index in [-0.39, 0.29) is 5.91 Å². The van der Waals surface area contributed by atoms with Crippen LogP contribution in [0.1, 0.15) is 47.7 Å². The van der Waals surface area contributed by atoms with Crippen LogP contribution >= 0.6 is 0 Å². The van der Waals surface area contributed by atoms with E-state index in [1.54, 1.807) is 0 Å². The van der Waals surface area contributed by atoms with Crippen molar-refractivity contribution in [1.29, 1.82) is 0 Å². The van der Waals surface area contributed by atoms with E-state index in [0.29, 0.717) is 5.56 Å². The predicted octanol–water partition coefficient (Wildman–Crippen LogP) is 4.14. The minimum Gasteiger partial charge on any atom is -0.372 e. The van der Waals surface area contributed by atoms with Crippen molar-refractivity contribution in [2.75, 3.05) is 18.0 Å². The number of aryl methyl sites for hydroxylation is 1. The molecule has 25 heavy (non-hydrogen) atoms. The molecule has 0 saturated carbocycles. The standard InChI is InChI=1S/C21H25N3O/c1-16-8-4-5-9-20(16)21(25)23-22-17(2)18-10-12-19(13-11-18)24-14-6-3-7-15-24/h4-5,8-13H,3,6-7,14-15H2,1-2H3,(H,23,25)/b22-17+. The molecule has 4 nitrogen and oxygen atoms in total. The summed E-state index contributed by atoms with van der Waals surface area (Å²) in [5.74, 6) is -0.178. The van der Waals surface area contributed by atoms with E-state index in [2.05, 4.69) is 39.7 Å². The van der Waals surface area contributed by atoms with Crippen LogP contribution in [0.2, 0.25) is 0 Å². The van der Waals surface area contributed by atoms with Gasteiger partial charge in [-0.15, -0.1) is 0 Å². The van der Waals surface area contributed by atoms with Gasteiger partial charge in [0.25, 0.3) is 5.91 Å². The second kappa shape index (κ2) is 7.97. The SMILES string of the molecule is C/C(=N\NC(=O)c1ccccc1C)c1ccc(N2CCCCC2)cc1. The largest absolute Gasteiger partial charge is 0.372 e. The minimum atomic E-state index is -0.178. The van der Waals surface area contributed by atoms with E-state index >= 15 is 0 Å². The average Bonchev–Trinajstić information content (AvgIpc) is 2.67. The number of hydrogen-bond donors (Lipinski definition) is 1. The first-order chi connectivity index (χ1) is 12.1. The molecule has 3 rings (SSSR count). The van der Waals surface area contributed by atoms with Crippen LogP contribution in [0.15, 0.2) is 53.6 Å². The molecule has 1 saturated heterocycles. The molecule has 1 fully saturated rings. The van der Waals surface area contributed by atoms with Gasteiger partial charge in [-0.2, -0.15) is 5.10 Å². The Kier molecular flexibility index (Phi) is 5.49. The van der Waals surface area contributed by atoms with E-state index in [9.17, 15) is 4.79 Å². The zero-order valence-corrected chi connectivity index (χ0v) is 15.0. The van der Waals surface area contributed by atoms with Crippen LogP contribution in [0.4, 0.5) is 5.69 Å². The summed E-state index contributed by atoms with van der Waals surface area (Å²) in [5.41, 5.74) is 7.33. The highest BCUT2D eigenvalue weighted by molar-refractivity contribution is 6.01. The lowest BCUT2D eigenvalue weighted by atomic mass is 10.1. The van der Waals surface area contributed by atoms with E-state index < -0.39 is 0 Å². The first-order valence-electron chi connectivity index (χ1n) is 8.91. The molecule has 4 heteroatoms. The Morgan fingerprint density at radius 2 is 1.68 bits per heavy atom. The summed E-state index contributed by atoms with van der Waals surface area (Å²) in [4.78, 5) is 14.7.